The molecule has 0 spiro atoms. The summed E-state index contributed by atoms with van der Waals surface area (Å²) in [6, 6.07) is 3.72. The summed E-state index contributed by atoms with van der Waals surface area (Å²) in [4.78, 5) is 29.8. The van der Waals surface area contributed by atoms with Crippen LogP contribution in [-0.2, 0) is 4.79 Å². The molecule has 1 unspecified atom stereocenters. The van der Waals surface area contributed by atoms with Crippen molar-refractivity contribution >= 4 is 23.3 Å². The molecule has 5 heterocycles. The highest BCUT2D eigenvalue weighted by Gasteiger charge is 2.38. The lowest BCUT2D eigenvalue weighted by Crippen LogP contribution is -2.47. The number of anilines is 1. The Kier molecular flexibility index (Phi) is 5.33. The molecule has 2 saturated heterocycles. The standard InChI is InChI=1S/C19H20ClN9O2/c20-16-10-23-18(11-21-16)27-6-3-13(4-7-27)28-8-5-15(19(28)30)31-14-1-2-17(22-9-14)29-12-24-25-26-29/h1-2,9-13,15H,3-8H2. The molecule has 0 radical (unpaired) electrons. The highest BCUT2D eigenvalue weighted by Crippen LogP contribution is 2.27. The van der Waals surface area contributed by atoms with Crippen molar-refractivity contribution < 1.29 is 9.53 Å². The van der Waals surface area contributed by atoms with Crippen LogP contribution in [0.4, 0.5) is 5.82 Å². The molecular weight excluding hydrogens is 422 g/mol. The SMILES string of the molecule is O=C1C(Oc2ccc(-n3cnnn3)nc2)CCN1C1CCN(c2cnc(Cl)cn2)CC1. The summed E-state index contributed by atoms with van der Waals surface area (Å²) in [5.41, 5.74) is 0. The Balaban J connectivity index is 1.16. The van der Waals surface area contributed by atoms with Gasteiger partial charge in [0.25, 0.3) is 5.91 Å². The number of pyridine rings is 1. The maximum Gasteiger partial charge on any atom is 0.263 e. The van der Waals surface area contributed by atoms with Crippen LogP contribution in [0.1, 0.15) is 19.3 Å². The maximum atomic E-state index is 13.0. The average molecular weight is 442 g/mol. The van der Waals surface area contributed by atoms with E-state index in [0.29, 0.717) is 29.7 Å². The first-order valence-corrected chi connectivity index (χ1v) is 10.4. The number of piperidine rings is 1. The number of carbonyl (C=O) groups is 1. The number of amides is 1. The van der Waals surface area contributed by atoms with Gasteiger partial charge in [0.2, 0.25) is 0 Å². The van der Waals surface area contributed by atoms with Crippen molar-refractivity contribution in [1.29, 1.82) is 0 Å². The largest absolute Gasteiger partial charge is 0.479 e. The van der Waals surface area contributed by atoms with Crippen LogP contribution < -0.4 is 9.64 Å². The molecule has 12 heteroatoms. The van der Waals surface area contributed by atoms with Crippen molar-refractivity contribution in [3.8, 4) is 11.6 Å². The first-order chi connectivity index (χ1) is 15.2. The van der Waals surface area contributed by atoms with E-state index < -0.39 is 6.10 Å². The van der Waals surface area contributed by atoms with Gasteiger partial charge in [-0.2, -0.15) is 4.68 Å². The van der Waals surface area contributed by atoms with Gasteiger partial charge < -0.3 is 14.5 Å². The fourth-order valence-corrected chi connectivity index (χ4v) is 4.13. The minimum atomic E-state index is -0.485. The summed E-state index contributed by atoms with van der Waals surface area (Å²) in [5.74, 6) is 1.98. The Bertz CT molecular complexity index is 1020. The van der Waals surface area contributed by atoms with Crippen LogP contribution >= 0.6 is 11.6 Å². The second-order valence-electron chi connectivity index (χ2n) is 7.45. The lowest BCUT2D eigenvalue weighted by atomic mass is 10.0. The number of hydrogen-bond donors (Lipinski definition) is 0. The van der Waals surface area contributed by atoms with Crippen LogP contribution in [0.5, 0.6) is 5.75 Å². The number of likely N-dealkylation sites (tertiary alicyclic amines) is 1. The highest BCUT2D eigenvalue weighted by atomic mass is 35.5. The Morgan fingerprint density at radius 1 is 0.968 bits per heavy atom. The predicted molar refractivity (Wildman–Crippen MR) is 110 cm³/mol. The zero-order chi connectivity index (χ0) is 21.2. The first-order valence-electron chi connectivity index (χ1n) is 10.1. The Hall–Kier alpha value is -3.34. The van der Waals surface area contributed by atoms with Crippen molar-refractivity contribution in [1.82, 2.24) is 40.1 Å². The van der Waals surface area contributed by atoms with Gasteiger partial charge in [-0.3, -0.25) is 4.79 Å². The summed E-state index contributed by atoms with van der Waals surface area (Å²) >= 11 is 5.82. The molecule has 3 aromatic heterocycles. The smallest absolute Gasteiger partial charge is 0.263 e. The Morgan fingerprint density at radius 3 is 2.48 bits per heavy atom. The van der Waals surface area contributed by atoms with Gasteiger partial charge in [0.1, 0.15) is 23.0 Å². The second kappa shape index (κ2) is 8.42. The molecule has 2 aliphatic heterocycles. The van der Waals surface area contributed by atoms with Gasteiger partial charge in [-0.25, -0.2) is 15.0 Å². The minimum absolute atomic E-state index is 0.0364. The molecule has 0 aromatic carbocycles. The van der Waals surface area contributed by atoms with Crippen molar-refractivity contribution in [2.45, 2.75) is 31.4 Å². The minimum Gasteiger partial charge on any atom is -0.479 e. The van der Waals surface area contributed by atoms with Gasteiger partial charge in [0.05, 0.1) is 18.6 Å². The van der Waals surface area contributed by atoms with Crippen LogP contribution in [-0.4, -0.2) is 77.7 Å². The number of halogens is 1. The summed E-state index contributed by atoms with van der Waals surface area (Å²) < 4.78 is 7.38. The highest BCUT2D eigenvalue weighted by molar-refractivity contribution is 6.29. The second-order valence-corrected chi connectivity index (χ2v) is 7.84. The van der Waals surface area contributed by atoms with Gasteiger partial charge in [-0.05, 0) is 35.4 Å². The van der Waals surface area contributed by atoms with Crippen LogP contribution in [0, 0.1) is 0 Å². The summed E-state index contributed by atoms with van der Waals surface area (Å²) in [7, 11) is 0. The molecule has 1 atom stereocenters. The third kappa shape index (κ3) is 4.13. The molecule has 3 aromatic rings. The Labute approximate surface area is 183 Å². The monoisotopic (exact) mass is 441 g/mol. The number of ether oxygens (including phenoxy) is 1. The molecular formula is C19H20ClN9O2. The van der Waals surface area contributed by atoms with E-state index in [4.69, 9.17) is 16.3 Å². The van der Waals surface area contributed by atoms with E-state index in [-0.39, 0.29) is 11.9 Å². The van der Waals surface area contributed by atoms with E-state index in [1.807, 2.05) is 4.90 Å². The number of hydrogen-bond acceptors (Lipinski definition) is 9. The fraction of sp³-hybridized carbons (Fsp3) is 0.421. The van der Waals surface area contributed by atoms with Gasteiger partial charge in [-0.1, -0.05) is 11.6 Å². The van der Waals surface area contributed by atoms with Crippen LogP contribution in [0.15, 0.2) is 37.1 Å². The number of aromatic nitrogens is 7. The molecule has 2 aliphatic rings. The molecule has 0 saturated carbocycles. The molecule has 0 N–H and O–H groups in total. The number of tetrazole rings is 1. The molecule has 0 bridgehead atoms. The topological polar surface area (TPSA) is 115 Å². The zero-order valence-electron chi connectivity index (χ0n) is 16.6. The first kappa shape index (κ1) is 19.6. The third-order valence-electron chi connectivity index (χ3n) is 5.61. The lowest BCUT2D eigenvalue weighted by Gasteiger charge is -2.37. The molecule has 1 amide bonds. The molecule has 2 fully saturated rings. The normalized spacial score (nSPS) is 19.8. The van der Waals surface area contributed by atoms with E-state index in [9.17, 15) is 4.79 Å². The van der Waals surface area contributed by atoms with E-state index in [1.165, 1.54) is 11.0 Å². The van der Waals surface area contributed by atoms with Gasteiger partial charge >= 0.3 is 0 Å². The molecule has 160 valence electrons. The third-order valence-corrected chi connectivity index (χ3v) is 5.80. The van der Waals surface area contributed by atoms with Crippen LogP contribution in [0.2, 0.25) is 5.15 Å². The number of rotatable bonds is 5. The number of carbonyl (C=O) groups excluding carboxylic acids is 1. The van der Waals surface area contributed by atoms with Crippen LogP contribution in [0.25, 0.3) is 5.82 Å². The van der Waals surface area contributed by atoms with Gasteiger partial charge in [0, 0.05) is 32.1 Å². The van der Waals surface area contributed by atoms with Crippen molar-refractivity contribution in [2.24, 2.45) is 0 Å². The Morgan fingerprint density at radius 2 is 1.81 bits per heavy atom. The average Bonchev–Trinajstić information content (AvgIpc) is 3.46. The van der Waals surface area contributed by atoms with Gasteiger partial charge in [-0.15, -0.1) is 5.10 Å². The molecule has 0 aliphatic carbocycles. The van der Waals surface area contributed by atoms with Crippen molar-refractivity contribution in [3.63, 3.8) is 0 Å². The van der Waals surface area contributed by atoms with E-state index in [2.05, 4.69) is 35.4 Å². The maximum absolute atomic E-state index is 13.0. The quantitative estimate of drug-likeness (QED) is 0.574. The zero-order valence-corrected chi connectivity index (χ0v) is 17.3. The van der Waals surface area contributed by atoms with E-state index in [0.717, 1.165) is 31.7 Å². The van der Waals surface area contributed by atoms with Crippen LogP contribution in [0.3, 0.4) is 0 Å². The fourth-order valence-electron chi connectivity index (χ4n) is 4.03. The summed E-state index contributed by atoms with van der Waals surface area (Å²) in [6.45, 7) is 2.34. The summed E-state index contributed by atoms with van der Waals surface area (Å²) in [6.07, 6.45) is 8.23. The molecule has 31 heavy (non-hydrogen) atoms. The lowest BCUT2D eigenvalue weighted by molar-refractivity contribution is -0.135. The van der Waals surface area contributed by atoms with Gasteiger partial charge in [0.15, 0.2) is 11.9 Å². The van der Waals surface area contributed by atoms with Crippen molar-refractivity contribution in [3.05, 3.63) is 42.2 Å². The molecule has 11 nitrogen and oxygen atoms in total. The van der Waals surface area contributed by atoms with E-state index >= 15 is 0 Å². The number of nitrogens with zero attached hydrogens (tertiary/aromatic N) is 9. The van der Waals surface area contributed by atoms with E-state index in [1.54, 1.807) is 30.7 Å². The summed E-state index contributed by atoms with van der Waals surface area (Å²) in [5, 5.41) is 11.4. The molecule has 5 rings (SSSR count). The predicted octanol–water partition coefficient (Wildman–Crippen LogP) is 1.15. The van der Waals surface area contributed by atoms with Crippen molar-refractivity contribution in [2.75, 3.05) is 24.5 Å².